The molecule has 0 amide bonds. The quantitative estimate of drug-likeness (QED) is 0.632. The summed E-state index contributed by atoms with van der Waals surface area (Å²) >= 11 is -2.59. The van der Waals surface area contributed by atoms with Gasteiger partial charge < -0.3 is 8.74 Å². The van der Waals surface area contributed by atoms with Crippen LogP contribution in [0.5, 0.6) is 5.75 Å². The molecule has 1 aromatic carbocycles. The van der Waals surface area contributed by atoms with Gasteiger partial charge in [0.25, 0.3) is 0 Å². The van der Waals surface area contributed by atoms with Gasteiger partial charge in [-0.05, 0) is 18.2 Å². The lowest BCUT2D eigenvalue weighted by molar-refractivity contribution is 0.440. The highest BCUT2D eigenvalue weighted by molar-refractivity contribution is 7.74. The van der Waals surface area contributed by atoms with Crippen LogP contribution in [0.4, 0.5) is 0 Å². The summed E-state index contributed by atoms with van der Waals surface area (Å²) in [4.78, 5) is 0. The van der Waals surface area contributed by atoms with Gasteiger partial charge in [-0.1, -0.05) is 6.07 Å². The van der Waals surface area contributed by atoms with E-state index in [0.29, 0.717) is 5.56 Å². The molecule has 1 rings (SSSR count). The van der Waals surface area contributed by atoms with Crippen molar-refractivity contribution in [2.45, 2.75) is 0 Å². The van der Waals surface area contributed by atoms with E-state index in [9.17, 15) is 8.76 Å². The monoisotopic (exact) mass is 182 g/mol. The molecule has 62 valence electrons. The molecule has 5 heteroatoms. The maximum absolute atomic E-state index is 10.1. The van der Waals surface area contributed by atoms with Crippen molar-refractivity contribution >= 4 is 11.4 Å². The predicted molar refractivity (Wildman–Crippen MR) is 40.7 cm³/mol. The van der Waals surface area contributed by atoms with Crippen LogP contribution in [0.15, 0.2) is 24.3 Å². The highest BCUT2D eigenvalue weighted by Crippen LogP contribution is 2.12. The van der Waals surface area contributed by atoms with E-state index in [1.807, 2.05) is 6.07 Å². The van der Waals surface area contributed by atoms with Gasteiger partial charge >= 0.3 is 0 Å². The minimum atomic E-state index is -2.59. The number of rotatable bonds is 2. The van der Waals surface area contributed by atoms with Gasteiger partial charge in [0.2, 0.25) is 0 Å². The third-order valence-corrected chi connectivity index (χ3v) is 1.46. The van der Waals surface area contributed by atoms with Crippen molar-refractivity contribution in [2.24, 2.45) is 0 Å². The van der Waals surface area contributed by atoms with E-state index in [4.69, 9.17) is 5.26 Å². The number of hydrogen-bond acceptors (Lipinski definition) is 4. The van der Waals surface area contributed by atoms with Crippen LogP contribution in [0.1, 0.15) is 5.56 Å². The topological polar surface area (TPSA) is 73.1 Å². The molecular weight excluding hydrogens is 178 g/mol. The molecule has 0 aliphatic heterocycles. The van der Waals surface area contributed by atoms with Crippen LogP contribution in [0.3, 0.4) is 0 Å². The molecular formula is C7H4NO3S-. The van der Waals surface area contributed by atoms with Crippen LogP contribution in [0.2, 0.25) is 0 Å². The normalized spacial score (nSPS) is 11.7. The van der Waals surface area contributed by atoms with E-state index in [1.54, 1.807) is 12.1 Å². The number of hydrogen-bond donors (Lipinski definition) is 0. The zero-order valence-corrected chi connectivity index (χ0v) is 6.71. The van der Waals surface area contributed by atoms with Gasteiger partial charge in [0.1, 0.15) is 17.1 Å². The first kappa shape index (κ1) is 8.71. The van der Waals surface area contributed by atoms with Gasteiger partial charge in [0, 0.05) is 0 Å². The van der Waals surface area contributed by atoms with Gasteiger partial charge in [0.05, 0.1) is 11.6 Å². The van der Waals surface area contributed by atoms with Gasteiger partial charge in [-0.15, -0.1) is 0 Å². The van der Waals surface area contributed by atoms with E-state index >= 15 is 0 Å². The molecule has 0 aliphatic carbocycles. The second-order valence-corrected chi connectivity index (χ2v) is 2.50. The summed E-state index contributed by atoms with van der Waals surface area (Å²) in [6, 6.07) is 7.76. The van der Waals surface area contributed by atoms with Crippen molar-refractivity contribution in [1.29, 1.82) is 5.26 Å². The molecule has 0 bridgehead atoms. The van der Waals surface area contributed by atoms with Gasteiger partial charge in [-0.25, -0.2) is 4.21 Å². The van der Waals surface area contributed by atoms with Crippen LogP contribution in [-0.2, 0) is 11.4 Å². The Labute approximate surface area is 71.9 Å². The Bertz CT molecular complexity index is 345. The fraction of sp³-hybridized carbons (Fsp3) is 0. The molecule has 1 unspecified atom stereocenters. The van der Waals surface area contributed by atoms with Crippen molar-refractivity contribution in [3.63, 3.8) is 0 Å². The second kappa shape index (κ2) is 3.85. The van der Waals surface area contributed by atoms with Crippen LogP contribution in [0, 0.1) is 11.3 Å². The predicted octanol–water partition coefficient (Wildman–Crippen LogP) is 0.731. The standard InChI is InChI=1S/C7H5NO3S/c8-5-6-2-1-3-7(4-6)11-12(9)10/h1-4H,(H,9,10)/p-1. The summed E-state index contributed by atoms with van der Waals surface area (Å²) in [7, 11) is 0. The summed E-state index contributed by atoms with van der Waals surface area (Å²) in [6.45, 7) is 0. The van der Waals surface area contributed by atoms with Crippen molar-refractivity contribution < 1.29 is 12.9 Å². The minimum Gasteiger partial charge on any atom is -0.740 e. The average Bonchev–Trinajstić information content (AvgIpc) is 2.03. The average molecular weight is 182 g/mol. The first-order valence-corrected chi connectivity index (χ1v) is 4.00. The largest absolute Gasteiger partial charge is 0.740 e. The Kier molecular flexibility index (Phi) is 2.80. The van der Waals surface area contributed by atoms with Crippen molar-refractivity contribution in [3.05, 3.63) is 29.8 Å². The molecule has 0 saturated carbocycles. The van der Waals surface area contributed by atoms with E-state index in [1.165, 1.54) is 12.1 Å². The van der Waals surface area contributed by atoms with Gasteiger partial charge in [-0.2, -0.15) is 5.26 Å². The van der Waals surface area contributed by atoms with Crippen LogP contribution < -0.4 is 4.18 Å². The Morgan fingerprint density at radius 3 is 2.92 bits per heavy atom. The number of benzene rings is 1. The summed E-state index contributed by atoms with van der Waals surface area (Å²) in [6.07, 6.45) is 0. The zero-order valence-electron chi connectivity index (χ0n) is 5.89. The van der Waals surface area contributed by atoms with E-state index in [-0.39, 0.29) is 5.75 Å². The molecule has 0 N–H and O–H groups in total. The first-order chi connectivity index (χ1) is 5.72. The smallest absolute Gasteiger partial charge is 0.140 e. The summed E-state index contributed by atoms with van der Waals surface area (Å²) < 4.78 is 24.4. The van der Waals surface area contributed by atoms with E-state index < -0.39 is 11.4 Å². The van der Waals surface area contributed by atoms with Crippen molar-refractivity contribution in [1.82, 2.24) is 0 Å². The molecule has 1 atom stereocenters. The Hall–Kier alpha value is -1.38. The van der Waals surface area contributed by atoms with E-state index in [0.717, 1.165) is 0 Å². The molecule has 12 heavy (non-hydrogen) atoms. The second-order valence-electron chi connectivity index (χ2n) is 1.93. The third kappa shape index (κ3) is 2.34. The minimum absolute atomic E-state index is 0.141. The summed E-state index contributed by atoms with van der Waals surface area (Å²) in [5, 5.41) is 8.44. The molecule has 0 heterocycles. The van der Waals surface area contributed by atoms with Gasteiger partial charge in [0.15, 0.2) is 0 Å². The fourth-order valence-electron chi connectivity index (χ4n) is 0.696. The highest BCUT2D eigenvalue weighted by Gasteiger charge is 1.94. The molecule has 0 aliphatic rings. The zero-order chi connectivity index (χ0) is 8.97. The molecule has 0 aromatic heterocycles. The maximum atomic E-state index is 10.1. The van der Waals surface area contributed by atoms with Crippen molar-refractivity contribution in [2.75, 3.05) is 0 Å². The number of nitrogens with zero attached hydrogens (tertiary/aromatic N) is 1. The first-order valence-electron chi connectivity index (χ1n) is 3.00. The highest BCUT2D eigenvalue weighted by atomic mass is 32.2. The molecule has 0 radical (unpaired) electrons. The SMILES string of the molecule is N#Cc1cccc(OS(=O)[O-])c1. The molecule has 0 fully saturated rings. The van der Waals surface area contributed by atoms with Crippen LogP contribution >= 0.6 is 0 Å². The molecule has 1 aromatic rings. The Morgan fingerprint density at radius 2 is 2.33 bits per heavy atom. The summed E-state index contributed by atoms with van der Waals surface area (Å²) in [5.41, 5.74) is 0.359. The van der Waals surface area contributed by atoms with E-state index in [2.05, 4.69) is 4.18 Å². The Balaban J connectivity index is 2.88. The lowest BCUT2D eigenvalue weighted by Gasteiger charge is -2.05. The lowest BCUT2D eigenvalue weighted by atomic mass is 10.2. The molecule has 4 nitrogen and oxygen atoms in total. The van der Waals surface area contributed by atoms with Gasteiger partial charge in [-0.3, -0.25) is 0 Å². The lowest BCUT2D eigenvalue weighted by Crippen LogP contribution is -1.97. The molecule has 0 spiro atoms. The van der Waals surface area contributed by atoms with Crippen LogP contribution in [-0.4, -0.2) is 8.76 Å². The van der Waals surface area contributed by atoms with Crippen LogP contribution in [0.25, 0.3) is 0 Å². The third-order valence-electron chi connectivity index (χ3n) is 1.13. The summed E-state index contributed by atoms with van der Waals surface area (Å²) in [5.74, 6) is 0.141. The Morgan fingerprint density at radius 1 is 1.58 bits per heavy atom. The number of nitriles is 1. The fourth-order valence-corrected chi connectivity index (χ4v) is 0.957. The van der Waals surface area contributed by atoms with Crippen molar-refractivity contribution in [3.8, 4) is 11.8 Å². The maximum Gasteiger partial charge on any atom is 0.140 e. The molecule has 0 saturated heterocycles.